The molecule has 21 heavy (non-hydrogen) atoms. The minimum atomic E-state index is -3.97. The van der Waals surface area contributed by atoms with Gasteiger partial charge in [-0.3, -0.25) is 4.79 Å². The number of carbonyl (C=O) groups is 1. The maximum atomic E-state index is 13.0. The van der Waals surface area contributed by atoms with Gasteiger partial charge in [-0.05, 0) is 36.2 Å². The van der Waals surface area contributed by atoms with Crippen LogP contribution >= 0.6 is 0 Å². The predicted octanol–water partition coefficient (Wildman–Crippen LogP) is 1.04. The van der Waals surface area contributed by atoms with Gasteiger partial charge in [-0.1, -0.05) is 12.1 Å². The Kier molecular flexibility index (Phi) is 4.39. The summed E-state index contributed by atoms with van der Waals surface area (Å²) < 4.78 is 39.8. The van der Waals surface area contributed by atoms with Crippen LogP contribution in [-0.4, -0.2) is 20.9 Å². The standard InChI is InChI=1S/C13H13FN2O4S/c14-10-3-1-2-9(8-10)6-7-16-13(17)11-4-5-12(20-11)21(15,18)19/h1-5,8H,6-7H2,(H,16,17)(H2,15,18,19). The molecular weight excluding hydrogens is 299 g/mol. The van der Waals surface area contributed by atoms with Crippen LogP contribution in [0.1, 0.15) is 16.1 Å². The van der Waals surface area contributed by atoms with Crippen molar-refractivity contribution >= 4 is 15.9 Å². The quantitative estimate of drug-likeness (QED) is 0.861. The summed E-state index contributed by atoms with van der Waals surface area (Å²) in [6.45, 7) is 0.258. The van der Waals surface area contributed by atoms with E-state index < -0.39 is 21.0 Å². The van der Waals surface area contributed by atoms with Crippen molar-refractivity contribution in [2.75, 3.05) is 6.54 Å². The van der Waals surface area contributed by atoms with Crippen molar-refractivity contribution in [3.8, 4) is 0 Å². The molecular formula is C13H13FN2O4S. The minimum Gasteiger partial charge on any atom is -0.438 e. The molecule has 1 heterocycles. The highest BCUT2D eigenvalue weighted by atomic mass is 32.2. The van der Waals surface area contributed by atoms with Crippen molar-refractivity contribution < 1.29 is 22.0 Å². The van der Waals surface area contributed by atoms with Crippen LogP contribution in [0, 0.1) is 5.82 Å². The fraction of sp³-hybridized carbons (Fsp3) is 0.154. The van der Waals surface area contributed by atoms with Crippen LogP contribution in [0.2, 0.25) is 0 Å². The maximum Gasteiger partial charge on any atom is 0.287 e. The van der Waals surface area contributed by atoms with Gasteiger partial charge in [0, 0.05) is 6.54 Å². The number of halogens is 1. The molecule has 0 saturated carbocycles. The molecule has 0 atom stereocenters. The van der Waals surface area contributed by atoms with Crippen molar-refractivity contribution in [3.05, 3.63) is 53.5 Å². The highest BCUT2D eigenvalue weighted by Crippen LogP contribution is 2.12. The first-order chi connectivity index (χ1) is 9.86. The minimum absolute atomic E-state index is 0.154. The molecule has 1 aromatic heterocycles. The molecule has 0 aliphatic rings. The number of carbonyl (C=O) groups excluding carboxylic acids is 1. The number of primary sulfonamides is 1. The van der Waals surface area contributed by atoms with Gasteiger partial charge in [-0.15, -0.1) is 0 Å². The lowest BCUT2D eigenvalue weighted by Gasteiger charge is -2.03. The fourth-order valence-corrected chi connectivity index (χ4v) is 2.16. The molecule has 8 heteroatoms. The summed E-state index contributed by atoms with van der Waals surface area (Å²) in [6, 6.07) is 8.35. The second kappa shape index (κ2) is 6.06. The Balaban J connectivity index is 1.92. The number of nitrogens with two attached hydrogens (primary N) is 1. The van der Waals surface area contributed by atoms with E-state index in [1.54, 1.807) is 12.1 Å². The Morgan fingerprint density at radius 2 is 2.05 bits per heavy atom. The van der Waals surface area contributed by atoms with Crippen molar-refractivity contribution in [2.24, 2.45) is 5.14 Å². The number of benzene rings is 1. The van der Waals surface area contributed by atoms with Gasteiger partial charge >= 0.3 is 0 Å². The van der Waals surface area contributed by atoms with E-state index in [0.717, 1.165) is 11.6 Å². The van der Waals surface area contributed by atoms with E-state index in [9.17, 15) is 17.6 Å². The lowest BCUT2D eigenvalue weighted by Crippen LogP contribution is -2.25. The number of nitrogens with one attached hydrogen (secondary N) is 1. The largest absolute Gasteiger partial charge is 0.438 e. The topological polar surface area (TPSA) is 102 Å². The lowest BCUT2D eigenvalue weighted by molar-refractivity contribution is 0.0921. The van der Waals surface area contributed by atoms with Crippen molar-refractivity contribution in [1.29, 1.82) is 0 Å². The molecule has 1 aromatic carbocycles. The lowest BCUT2D eigenvalue weighted by atomic mass is 10.1. The smallest absolute Gasteiger partial charge is 0.287 e. The number of furan rings is 1. The molecule has 0 unspecified atom stereocenters. The fourth-order valence-electron chi connectivity index (χ4n) is 1.70. The van der Waals surface area contributed by atoms with Crippen molar-refractivity contribution in [3.63, 3.8) is 0 Å². The van der Waals surface area contributed by atoms with Gasteiger partial charge in [0.05, 0.1) is 0 Å². The van der Waals surface area contributed by atoms with Gasteiger partial charge in [-0.2, -0.15) is 0 Å². The highest BCUT2D eigenvalue weighted by molar-refractivity contribution is 7.89. The molecule has 6 nitrogen and oxygen atoms in total. The number of sulfonamides is 1. The molecule has 0 spiro atoms. The van der Waals surface area contributed by atoms with Crippen LogP contribution in [-0.2, 0) is 16.4 Å². The predicted molar refractivity (Wildman–Crippen MR) is 72.5 cm³/mol. The van der Waals surface area contributed by atoms with Gasteiger partial charge in [0.25, 0.3) is 15.9 Å². The summed E-state index contributed by atoms with van der Waals surface area (Å²) in [5.41, 5.74) is 0.736. The first-order valence-electron chi connectivity index (χ1n) is 6.01. The third-order valence-corrected chi connectivity index (χ3v) is 3.45. The van der Waals surface area contributed by atoms with Crippen LogP contribution < -0.4 is 10.5 Å². The summed E-state index contributed by atoms with van der Waals surface area (Å²) in [7, 11) is -3.97. The Labute approximate surface area is 120 Å². The zero-order chi connectivity index (χ0) is 15.5. The second-order valence-electron chi connectivity index (χ2n) is 4.30. The third-order valence-electron chi connectivity index (χ3n) is 2.67. The molecule has 0 bridgehead atoms. The van der Waals surface area contributed by atoms with Crippen LogP contribution in [0.15, 0.2) is 45.9 Å². The van der Waals surface area contributed by atoms with E-state index in [0.29, 0.717) is 6.42 Å². The van der Waals surface area contributed by atoms with Gasteiger partial charge in [0.2, 0.25) is 5.09 Å². The number of hydrogen-bond acceptors (Lipinski definition) is 4. The summed E-state index contributed by atoms with van der Waals surface area (Å²) in [6.07, 6.45) is 0.437. The molecule has 0 fully saturated rings. The van der Waals surface area contributed by atoms with Gasteiger partial charge < -0.3 is 9.73 Å². The monoisotopic (exact) mass is 312 g/mol. The molecule has 1 amide bonds. The van der Waals surface area contributed by atoms with Crippen LogP contribution in [0.4, 0.5) is 4.39 Å². The normalized spacial score (nSPS) is 11.3. The second-order valence-corrected chi connectivity index (χ2v) is 5.79. The van der Waals surface area contributed by atoms with Gasteiger partial charge in [0.15, 0.2) is 5.76 Å². The Morgan fingerprint density at radius 3 is 2.67 bits per heavy atom. The average Bonchev–Trinajstić information content (AvgIpc) is 2.88. The SMILES string of the molecule is NS(=O)(=O)c1ccc(C(=O)NCCc2cccc(F)c2)o1. The van der Waals surface area contributed by atoms with E-state index in [1.807, 2.05) is 0 Å². The van der Waals surface area contributed by atoms with Gasteiger partial charge in [0.1, 0.15) is 5.82 Å². The van der Waals surface area contributed by atoms with E-state index in [1.165, 1.54) is 18.2 Å². The maximum absolute atomic E-state index is 13.0. The molecule has 0 aliphatic carbocycles. The molecule has 0 radical (unpaired) electrons. The summed E-state index contributed by atoms with van der Waals surface area (Å²) in [5.74, 6) is -1.07. The van der Waals surface area contributed by atoms with Crippen molar-refractivity contribution in [1.82, 2.24) is 5.32 Å². The molecule has 2 aromatic rings. The number of amides is 1. The Bertz CT molecular complexity index is 755. The van der Waals surface area contributed by atoms with E-state index in [4.69, 9.17) is 9.56 Å². The summed E-state index contributed by atoms with van der Waals surface area (Å²) >= 11 is 0. The summed E-state index contributed by atoms with van der Waals surface area (Å²) in [4.78, 5) is 11.7. The van der Waals surface area contributed by atoms with E-state index in [-0.39, 0.29) is 18.1 Å². The van der Waals surface area contributed by atoms with Crippen LogP contribution in [0.5, 0.6) is 0 Å². The van der Waals surface area contributed by atoms with Crippen LogP contribution in [0.3, 0.4) is 0 Å². The first kappa shape index (κ1) is 15.2. The van der Waals surface area contributed by atoms with Crippen LogP contribution in [0.25, 0.3) is 0 Å². The third kappa shape index (κ3) is 4.14. The average molecular weight is 312 g/mol. The van der Waals surface area contributed by atoms with E-state index >= 15 is 0 Å². The zero-order valence-corrected chi connectivity index (χ0v) is 11.7. The van der Waals surface area contributed by atoms with Gasteiger partial charge in [-0.25, -0.2) is 17.9 Å². The van der Waals surface area contributed by atoms with Crippen molar-refractivity contribution in [2.45, 2.75) is 11.5 Å². The zero-order valence-electron chi connectivity index (χ0n) is 10.9. The number of hydrogen-bond donors (Lipinski definition) is 2. The molecule has 0 saturated heterocycles. The molecule has 2 rings (SSSR count). The molecule has 112 valence electrons. The first-order valence-corrected chi connectivity index (χ1v) is 7.56. The molecule has 3 N–H and O–H groups in total. The Morgan fingerprint density at radius 1 is 1.29 bits per heavy atom. The Hall–Kier alpha value is -2.19. The summed E-state index contributed by atoms with van der Waals surface area (Å²) in [5, 5.41) is 6.94. The molecule has 0 aliphatic heterocycles. The number of rotatable bonds is 5. The van der Waals surface area contributed by atoms with E-state index in [2.05, 4.69) is 5.32 Å². The highest BCUT2D eigenvalue weighted by Gasteiger charge is 2.17.